The Kier molecular flexibility index (Phi) is 9.33. The van der Waals surface area contributed by atoms with Crippen molar-refractivity contribution in [1.82, 2.24) is 0 Å². The standard InChI is InChI=1S/C16H26O3/c17-12-16(13-18)10-4-1-2-7-11-19-14-15-8-5-3-6-9-15/h3,5-6,8-9,16-18H,1-2,4,7,10-14H2. The largest absolute Gasteiger partial charge is 0.396 e. The first-order chi connectivity index (χ1) is 9.36. The van der Waals surface area contributed by atoms with E-state index < -0.39 is 0 Å². The zero-order valence-electron chi connectivity index (χ0n) is 11.6. The van der Waals surface area contributed by atoms with E-state index in [9.17, 15) is 0 Å². The molecule has 0 radical (unpaired) electrons. The SMILES string of the molecule is OCC(CO)CCCCCCOCc1ccccc1. The highest BCUT2D eigenvalue weighted by Crippen LogP contribution is 2.10. The third kappa shape index (κ3) is 7.98. The van der Waals surface area contributed by atoms with Crippen molar-refractivity contribution < 1.29 is 14.9 Å². The first-order valence-electron chi connectivity index (χ1n) is 7.20. The number of benzene rings is 1. The molecule has 108 valence electrons. The van der Waals surface area contributed by atoms with E-state index in [0.717, 1.165) is 38.7 Å². The Bertz CT molecular complexity index is 296. The van der Waals surface area contributed by atoms with Crippen LogP contribution in [0.3, 0.4) is 0 Å². The fraction of sp³-hybridized carbons (Fsp3) is 0.625. The van der Waals surface area contributed by atoms with Gasteiger partial charge in [-0.05, 0) is 18.4 Å². The van der Waals surface area contributed by atoms with E-state index in [1.54, 1.807) is 0 Å². The van der Waals surface area contributed by atoms with Crippen LogP contribution in [-0.2, 0) is 11.3 Å². The van der Waals surface area contributed by atoms with Gasteiger partial charge in [-0.2, -0.15) is 0 Å². The van der Waals surface area contributed by atoms with Gasteiger partial charge in [0.2, 0.25) is 0 Å². The zero-order valence-corrected chi connectivity index (χ0v) is 11.6. The van der Waals surface area contributed by atoms with E-state index in [2.05, 4.69) is 12.1 Å². The van der Waals surface area contributed by atoms with Crippen LogP contribution in [-0.4, -0.2) is 30.0 Å². The number of aliphatic hydroxyl groups excluding tert-OH is 2. The van der Waals surface area contributed by atoms with Gasteiger partial charge in [0.1, 0.15) is 0 Å². The minimum atomic E-state index is 0.0642. The second kappa shape index (κ2) is 11.0. The predicted molar refractivity (Wildman–Crippen MR) is 76.8 cm³/mol. The van der Waals surface area contributed by atoms with Crippen LogP contribution in [0.15, 0.2) is 30.3 Å². The number of ether oxygens (including phenoxy) is 1. The van der Waals surface area contributed by atoms with Crippen LogP contribution >= 0.6 is 0 Å². The average molecular weight is 266 g/mol. The van der Waals surface area contributed by atoms with Gasteiger partial charge < -0.3 is 14.9 Å². The summed E-state index contributed by atoms with van der Waals surface area (Å²) in [6, 6.07) is 10.2. The number of rotatable bonds is 11. The molecule has 0 saturated carbocycles. The van der Waals surface area contributed by atoms with Crippen molar-refractivity contribution in [2.75, 3.05) is 19.8 Å². The van der Waals surface area contributed by atoms with Crippen LogP contribution in [0.2, 0.25) is 0 Å². The molecule has 1 aromatic rings. The van der Waals surface area contributed by atoms with Crippen LogP contribution in [0.4, 0.5) is 0 Å². The zero-order chi connectivity index (χ0) is 13.8. The second-order valence-corrected chi connectivity index (χ2v) is 4.97. The minimum Gasteiger partial charge on any atom is -0.396 e. The summed E-state index contributed by atoms with van der Waals surface area (Å²) in [5.74, 6) is 0.0642. The highest BCUT2D eigenvalue weighted by molar-refractivity contribution is 5.13. The lowest BCUT2D eigenvalue weighted by Gasteiger charge is -2.10. The number of hydrogen-bond donors (Lipinski definition) is 2. The van der Waals surface area contributed by atoms with E-state index in [1.165, 1.54) is 5.56 Å². The summed E-state index contributed by atoms with van der Waals surface area (Å²) in [6.45, 7) is 1.68. The Morgan fingerprint density at radius 1 is 0.895 bits per heavy atom. The van der Waals surface area contributed by atoms with Crippen molar-refractivity contribution in [2.24, 2.45) is 5.92 Å². The van der Waals surface area contributed by atoms with Gasteiger partial charge in [-0.3, -0.25) is 0 Å². The Morgan fingerprint density at radius 2 is 1.58 bits per heavy atom. The lowest BCUT2D eigenvalue weighted by molar-refractivity contribution is 0.115. The molecule has 0 aliphatic rings. The van der Waals surface area contributed by atoms with Crippen molar-refractivity contribution >= 4 is 0 Å². The van der Waals surface area contributed by atoms with Crippen LogP contribution in [0.25, 0.3) is 0 Å². The summed E-state index contributed by atoms with van der Waals surface area (Å²) < 4.78 is 5.61. The molecule has 0 aliphatic heterocycles. The van der Waals surface area contributed by atoms with Crippen molar-refractivity contribution in [3.05, 3.63) is 35.9 Å². The van der Waals surface area contributed by atoms with Gasteiger partial charge >= 0.3 is 0 Å². The first kappa shape index (κ1) is 16.2. The molecule has 0 spiro atoms. The minimum absolute atomic E-state index is 0.0642. The van der Waals surface area contributed by atoms with E-state index in [1.807, 2.05) is 18.2 Å². The molecule has 3 heteroatoms. The smallest absolute Gasteiger partial charge is 0.0716 e. The fourth-order valence-electron chi connectivity index (χ4n) is 2.00. The number of aliphatic hydroxyl groups is 2. The average Bonchev–Trinajstić information content (AvgIpc) is 2.47. The van der Waals surface area contributed by atoms with Crippen molar-refractivity contribution in [2.45, 2.75) is 38.7 Å². The molecule has 1 rings (SSSR count). The van der Waals surface area contributed by atoms with Gasteiger partial charge in [-0.25, -0.2) is 0 Å². The monoisotopic (exact) mass is 266 g/mol. The molecule has 0 unspecified atom stereocenters. The van der Waals surface area contributed by atoms with Gasteiger partial charge in [-0.15, -0.1) is 0 Å². The summed E-state index contributed by atoms with van der Waals surface area (Å²) in [4.78, 5) is 0. The third-order valence-corrected chi connectivity index (χ3v) is 3.28. The molecule has 0 amide bonds. The highest BCUT2D eigenvalue weighted by atomic mass is 16.5. The molecule has 0 saturated heterocycles. The lowest BCUT2D eigenvalue weighted by Crippen LogP contribution is -2.10. The second-order valence-electron chi connectivity index (χ2n) is 4.97. The summed E-state index contributed by atoms with van der Waals surface area (Å²) >= 11 is 0. The van der Waals surface area contributed by atoms with Gasteiger partial charge in [0.15, 0.2) is 0 Å². The van der Waals surface area contributed by atoms with Crippen LogP contribution in [0.1, 0.15) is 37.7 Å². The Balaban J connectivity index is 1.89. The fourth-order valence-corrected chi connectivity index (χ4v) is 2.00. The lowest BCUT2D eigenvalue weighted by atomic mass is 10.0. The third-order valence-electron chi connectivity index (χ3n) is 3.28. The van der Waals surface area contributed by atoms with Crippen molar-refractivity contribution in [3.63, 3.8) is 0 Å². The van der Waals surface area contributed by atoms with Crippen molar-refractivity contribution in [1.29, 1.82) is 0 Å². The van der Waals surface area contributed by atoms with Gasteiger partial charge in [-0.1, -0.05) is 49.6 Å². The quantitative estimate of drug-likeness (QED) is 0.605. The van der Waals surface area contributed by atoms with Gasteiger partial charge in [0.05, 0.1) is 6.61 Å². The predicted octanol–water partition coefficient (Wildman–Crippen LogP) is 2.75. The molecular weight excluding hydrogens is 240 g/mol. The maximum Gasteiger partial charge on any atom is 0.0716 e. The summed E-state index contributed by atoms with van der Waals surface area (Å²) in [6.07, 6.45) is 5.36. The van der Waals surface area contributed by atoms with E-state index >= 15 is 0 Å². The molecule has 0 aliphatic carbocycles. The van der Waals surface area contributed by atoms with E-state index in [4.69, 9.17) is 14.9 Å². The maximum atomic E-state index is 8.93. The maximum absolute atomic E-state index is 8.93. The van der Waals surface area contributed by atoms with E-state index in [0.29, 0.717) is 6.61 Å². The molecule has 0 bridgehead atoms. The van der Waals surface area contributed by atoms with Crippen LogP contribution < -0.4 is 0 Å². The summed E-state index contributed by atoms with van der Waals surface area (Å²) in [7, 11) is 0. The molecular formula is C16H26O3. The molecule has 3 nitrogen and oxygen atoms in total. The molecule has 0 aromatic heterocycles. The normalized spacial score (nSPS) is 11.1. The molecule has 19 heavy (non-hydrogen) atoms. The van der Waals surface area contributed by atoms with Crippen LogP contribution in [0.5, 0.6) is 0 Å². The Labute approximate surface area is 116 Å². The number of hydrogen-bond acceptors (Lipinski definition) is 3. The topological polar surface area (TPSA) is 49.7 Å². The number of unbranched alkanes of at least 4 members (excludes halogenated alkanes) is 3. The van der Waals surface area contributed by atoms with E-state index in [-0.39, 0.29) is 19.1 Å². The molecule has 0 atom stereocenters. The Hall–Kier alpha value is -0.900. The van der Waals surface area contributed by atoms with Gasteiger partial charge in [0, 0.05) is 25.7 Å². The molecule has 0 fully saturated rings. The first-order valence-corrected chi connectivity index (χ1v) is 7.20. The molecule has 2 N–H and O–H groups in total. The summed E-state index contributed by atoms with van der Waals surface area (Å²) in [5.41, 5.74) is 1.22. The Morgan fingerprint density at radius 3 is 2.26 bits per heavy atom. The van der Waals surface area contributed by atoms with Gasteiger partial charge in [0.25, 0.3) is 0 Å². The molecule has 1 aromatic carbocycles. The van der Waals surface area contributed by atoms with Crippen LogP contribution in [0, 0.1) is 5.92 Å². The van der Waals surface area contributed by atoms with Crippen molar-refractivity contribution in [3.8, 4) is 0 Å². The highest BCUT2D eigenvalue weighted by Gasteiger charge is 2.04. The molecule has 0 heterocycles. The summed E-state index contributed by atoms with van der Waals surface area (Å²) in [5, 5.41) is 17.9.